The Morgan fingerprint density at radius 2 is 1.67 bits per heavy atom. The molecule has 1 atom stereocenters. The molecule has 0 aromatic heterocycles. The molecule has 6 heteroatoms. The Kier molecular flexibility index (Phi) is 3.63. The summed E-state index contributed by atoms with van der Waals surface area (Å²) in [5, 5.41) is -0.446. The van der Waals surface area contributed by atoms with Gasteiger partial charge in [-0.25, -0.2) is 13.2 Å². The first-order valence-electron chi connectivity index (χ1n) is 6.20. The summed E-state index contributed by atoms with van der Waals surface area (Å²) in [6, 6.07) is 8.78. The smallest absolute Gasteiger partial charge is 0.238 e. The fraction of sp³-hybridized carbons (Fsp3) is 0.133. The van der Waals surface area contributed by atoms with Crippen molar-refractivity contribution in [3.8, 4) is 0 Å². The number of hydrogen-bond acceptors (Lipinski definition) is 2. The van der Waals surface area contributed by atoms with Gasteiger partial charge in [-0.2, -0.15) is 0 Å². The molecule has 2 aromatic rings. The molecule has 0 spiro atoms. The molecule has 0 saturated carbocycles. The highest BCUT2D eigenvalue weighted by atomic mass is 32.2. The van der Waals surface area contributed by atoms with Crippen LogP contribution in [0.4, 0.5) is 18.9 Å². The lowest BCUT2D eigenvalue weighted by Crippen LogP contribution is -2.28. The molecule has 0 bridgehead atoms. The average molecular weight is 309 g/mol. The number of carbonyl (C=O) groups is 1. The number of benzene rings is 2. The molecule has 1 amide bonds. The molecule has 21 heavy (non-hydrogen) atoms. The van der Waals surface area contributed by atoms with E-state index in [1.165, 1.54) is 34.9 Å². The maximum atomic E-state index is 13.9. The van der Waals surface area contributed by atoms with Crippen LogP contribution in [0, 0.1) is 17.5 Å². The van der Waals surface area contributed by atoms with Crippen molar-refractivity contribution in [2.45, 2.75) is 5.37 Å². The van der Waals surface area contributed by atoms with Crippen LogP contribution in [-0.2, 0) is 4.79 Å². The van der Waals surface area contributed by atoms with E-state index in [2.05, 4.69) is 0 Å². The third-order valence-electron chi connectivity index (χ3n) is 3.19. The van der Waals surface area contributed by atoms with Gasteiger partial charge >= 0.3 is 0 Å². The van der Waals surface area contributed by atoms with Crippen LogP contribution in [0.15, 0.2) is 42.5 Å². The van der Waals surface area contributed by atoms with Crippen molar-refractivity contribution in [3.05, 3.63) is 65.5 Å². The molecule has 1 unspecified atom stereocenters. The summed E-state index contributed by atoms with van der Waals surface area (Å²) in [5.74, 6) is -1.95. The fourth-order valence-corrected chi connectivity index (χ4v) is 3.40. The summed E-state index contributed by atoms with van der Waals surface area (Å²) in [4.78, 5) is 13.3. The van der Waals surface area contributed by atoms with Crippen LogP contribution in [-0.4, -0.2) is 11.7 Å². The molecule has 3 rings (SSSR count). The second-order valence-corrected chi connectivity index (χ2v) is 5.64. The average Bonchev–Trinajstić information content (AvgIpc) is 2.82. The molecule has 1 heterocycles. The minimum Gasteiger partial charge on any atom is -0.292 e. The number of thioether (sulfide) groups is 1. The minimum absolute atomic E-state index is 0.0284. The van der Waals surface area contributed by atoms with E-state index in [9.17, 15) is 18.0 Å². The van der Waals surface area contributed by atoms with Gasteiger partial charge in [-0.05, 0) is 29.8 Å². The lowest BCUT2D eigenvalue weighted by Gasteiger charge is -2.24. The van der Waals surface area contributed by atoms with Gasteiger partial charge in [0.15, 0.2) is 0 Å². The van der Waals surface area contributed by atoms with E-state index < -0.39 is 17.0 Å². The van der Waals surface area contributed by atoms with E-state index in [0.29, 0.717) is 5.56 Å². The van der Waals surface area contributed by atoms with E-state index in [1.807, 2.05) is 0 Å². The quantitative estimate of drug-likeness (QED) is 0.839. The second kappa shape index (κ2) is 5.44. The first kappa shape index (κ1) is 14.0. The van der Waals surface area contributed by atoms with Gasteiger partial charge in [-0.15, -0.1) is 11.8 Å². The van der Waals surface area contributed by atoms with Crippen LogP contribution in [0.3, 0.4) is 0 Å². The molecule has 0 radical (unpaired) electrons. The van der Waals surface area contributed by atoms with Crippen LogP contribution in [0.1, 0.15) is 10.9 Å². The number of anilines is 1. The van der Waals surface area contributed by atoms with Crippen molar-refractivity contribution in [2.75, 3.05) is 10.7 Å². The molecule has 2 aromatic carbocycles. The van der Waals surface area contributed by atoms with Gasteiger partial charge in [-0.3, -0.25) is 9.69 Å². The third-order valence-corrected chi connectivity index (χ3v) is 4.40. The number of amides is 1. The zero-order chi connectivity index (χ0) is 15.0. The number of hydrogen-bond donors (Lipinski definition) is 0. The molecule has 1 saturated heterocycles. The molecular weight excluding hydrogens is 299 g/mol. The van der Waals surface area contributed by atoms with Gasteiger partial charge < -0.3 is 0 Å². The normalized spacial score (nSPS) is 18.3. The maximum absolute atomic E-state index is 13.9. The third kappa shape index (κ3) is 2.63. The number of rotatable bonds is 2. The summed E-state index contributed by atoms with van der Waals surface area (Å²) in [7, 11) is 0. The SMILES string of the molecule is O=C1CSC(c2ccc(F)cc2)N1c1ccc(F)cc1F. The van der Waals surface area contributed by atoms with Gasteiger partial charge in [0.1, 0.15) is 22.8 Å². The zero-order valence-corrected chi connectivity index (χ0v) is 11.5. The summed E-state index contributed by atoms with van der Waals surface area (Å²) < 4.78 is 39.9. The monoisotopic (exact) mass is 309 g/mol. The van der Waals surface area contributed by atoms with Gasteiger partial charge in [-0.1, -0.05) is 12.1 Å². The summed E-state index contributed by atoms with van der Waals surface area (Å²) in [5.41, 5.74) is 0.719. The van der Waals surface area contributed by atoms with Crippen LogP contribution in [0.25, 0.3) is 0 Å². The Morgan fingerprint density at radius 1 is 1.00 bits per heavy atom. The molecule has 0 aliphatic carbocycles. The molecular formula is C15H10F3NOS. The lowest BCUT2D eigenvalue weighted by molar-refractivity contribution is -0.115. The Balaban J connectivity index is 2.01. The Hall–Kier alpha value is -1.95. The Morgan fingerprint density at radius 3 is 2.33 bits per heavy atom. The molecule has 2 nitrogen and oxygen atoms in total. The number of carbonyl (C=O) groups excluding carboxylic acids is 1. The Bertz CT molecular complexity index is 690. The van der Waals surface area contributed by atoms with Crippen molar-refractivity contribution in [1.82, 2.24) is 0 Å². The van der Waals surface area contributed by atoms with Crippen LogP contribution in [0.2, 0.25) is 0 Å². The molecule has 1 fully saturated rings. The minimum atomic E-state index is -0.794. The van der Waals surface area contributed by atoms with Gasteiger partial charge in [0.25, 0.3) is 0 Å². The van der Waals surface area contributed by atoms with E-state index in [0.717, 1.165) is 12.1 Å². The van der Waals surface area contributed by atoms with Crippen molar-refractivity contribution in [2.24, 2.45) is 0 Å². The summed E-state index contributed by atoms with van der Waals surface area (Å²) in [6.07, 6.45) is 0. The fourth-order valence-electron chi connectivity index (χ4n) is 2.24. The van der Waals surface area contributed by atoms with E-state index >= 15 is 0 Å². The topological polar surface area (TPSA) is 20.3 Å². The standard InChI is InChI=1S/C15H10F3NOS/c16-10-3-1-9(2-4-10)15-19(14(20)8-21-15)13-6-5-11(17)7-12(13)18/h1-7,15H,8H2. The van der Waals surface area contributed by atoms with Crippen LogP contribution in [0.5, 0.6) is 0 Å². The van der Waals surface area contributed by atoms with E-state index in [-0.39, 0.29) is 23.2 Å². The first-order valence-corrected chi connectivity index (χ1v) is 7.25. The zero-order valence-electron chi connectivity index (χ0n) is 10.7. The molecule has 1 aliphatic heterocycles. The van der Waals surface area contributed by atoms with Crippen molar-refractivity contribution >= 4 is 23.4 Å². The summed E-state index contributed by atoms with van der Waals surface area (Å²) in [6.45, 7) is 0. The molecule has 1 aliphatic rings. The largest absolute Gasteiger partial charge is 0.292 e. The van der Waals surface area contributed by atoms with Gasteiger partial charge in [0.2, 0.25) is 5.91 Å². The molecule has 108 valence electrons. The molecule has 0 N–H and O–H groups in total. The first-order chi connectivity index (χ1) is 10.1. The summed E-state index contributed by atoms with van der Waals surface area (Å²) >= 11 is 1.32. The van der Waals surface area contributed by atoms with Crippen LogP contribution < -0.4 is 4.90 Å². The van der Waals surface area contributed by atoms with E-state index in [1.54, 1.807) is 12.1 Å². The highest BCUT2D eigenvalue weighted by Gasteiger charge is 2.35. The number of halogens is 3. The highest BCUT2D eigenvalue weighted by molar-refractivity contribution is 8.00. The van der Waals surface area contributed by atoms with Gasteiger partial charge in [0, 0.05) is 6.07 Å². The van der Waals surface area contributed by atoms with Crippen molar-refractivity contribution in [1.29, 1.82) is 0 Å². The van der Waals surface area contributed by atoms with E-state index in [4.69, 9.17) is 0 Å². The van der Waals surface area contributed by atoms with Crippen LogP contribution >= 0.6 is 11.8 Å². The lowest BCUT2D eigenvalue weighted by atomic mass is 10.2. The van der Waals surface area contributed by atoms with Crippen molar-refractivity contribution < 1.29 is 18.0 Å². The van der Waals surface area contributed by atoms with Gasteiger partial charge in [0.05, 0.1) is 11.4 Å². The number of nitrogens with zero attached hydrogens (tertiary/aromatic N) is 1. The maximum Gasteiger partial charge on any atom is 0.238 e. The predicted octanol–water partition coefficient (Wildman–Crippen LogP) is 3.88. The highest BCUT2D eigenvalue weighted by Crippen LogP contribution is 2.42. The predicted molar refractivity (Wildman–Crippen MR) is 75.4 cm³/mol. The second-order valence-electron chi connectivity index (χ2n) is 4.57. The van der Waals surface area contributed by atoms with Crippen molar-refractivity contribution in [3.63, 3.8) is 0 Å². The Labute approximate surface area is 123 Å².